The molecule has 0 aliphatic heterocycles. The Bertz CT molecular complexity index is 997. The Morgan fingerprint density at radius 3 is 2.48 bits per heavy atom. The van der Waals surface area contributed by atoms with Gasteiger partial charge in [-0.1, -0.05) is 29.8 Å². The molecule has 0 saturated heterocycles. The number of nitrogens with zero attached hydrogens (tertiary/aromatic N) is 3. The summed E-state index contributed by atoms with van der Waals surface area (Å²) in [6.07, 6.45) is 6.04. The molecule has 1 aromatic heterocycles. The molecule has 0 atom stereocenters. The molecule has 0 aliphatic rings. The van der Waals surface area contributed by atoms with Crippen LogP contribution in [-0.4, -0.2) is 49.9 Å². The van der Waals surface area contributed by atoms with Crippen LogP contribution in [0.4, 0.5) is 0 Å². The average Bonchev–Trinajstić information content (AvgIpc) is 3.08. The third-order valence-corrected chi connectivity index (χ3v) is 6.82. The van der Waals surface area contributed by atoms with Crippen LogP contribution in [0.5, 0.6) is 0 Å². The summed E-state index contributed by atoms with van der Waals surface area (Å²) in [6.45, 7) is 0.190. The van der Waals surface area contributed by atoms with Crippen LogP contribution in [0.25, 0.3) is 6.08 Å². The molecule has 2 rings (SSSR count). The molecule has 0 radical (unpaired) electrons. The first-order chi connectivity index (χ1) is 12.6. The fraction of sp³-hybridized carbons (Fsp3) is 0.312. The van der Waals surface area contributed by atoms with Gasteiger partial charge in [0.1, 0.15) is 6.33 Å². The van der Waals surface area contributed by atoms with E-state index in [9.17, 15) is 16.8 Å². The monoisotopic (exact) mass is 432 g/mol. The van der Waals surface area contributed by atoms with Crippen molar-refractivity contribution in [3.05, 3.63) is 59.1 Å². The summed E-state index contributed by atoms with van der Waals surface area (Å²) in [5.74, 6) is -0.0895. The van der Waals surface area contributed by atoms with Gasteiger partial charge in [0.05, 0.1) is 11.4 Å². The third kappa shape index (κ3) is 6.43. The molecule has 0 unspecified atom stereocenters. The van der Waals surface area contributed by atoms with Gasteiger partial charge in [0.15, 0.2) is 0 Å². The molecule has 148 valence electrons. The first-order valence-electron chi connectivity index (χ1n) is 7.95. The zero-order valence-corrected chi connectivity index (χ0v) is 17.3. The number of allylic oxidation sites excluding steroid dienone is 1. The summed E-state index contributed by atoms with van der Waals surface area (Å²) in [6, 6.07) is 6.90. The van der Waals surface area contributed by atoms with E-state index in [1.54, 1.807) is 36.4 Å². The highest BCUT2D eigenvalue weighted by Crippen LogP contribution is 2.10. The van der Waals surface area contributed by atoms with Crippen molar-refractivity contribution in [2.45, 2.75) is 13.0 Å². The standard InChI is InChI=1S/C16H21ClN4O4S2/c1-20(2)27(24,25)21-12-16(18-13-21)5-3-4-10-26(22,23)19-11-14-6-8-15(17)9-7-14/h3,5-9,12-13,19H,4,10-11H2,1-2H3. The van der Waals surface area contributed by atoms with Crippen LogP contribution < -0.4 is 4.72 Å². The van der Waals surface area contributed by atoms with Gasteiger partial charge in [-0.15, -0.1) is 0 Å². The maximum Gasteiger partial charge on any atom is 0.308 e. The van der Waals surface area contributed by atoms with Crippen LogP contribution in [0.1, 0.15) is 17.7 Å². The second-order valence-electron chi connectivity index (χ2n) is 5.88. The zero-order valence-electron chi connectivity index (χ0n) is 14.9. The van der Waals surface area contributed by atoms with Gasteiger partial charge in [-0.2, -0.15) is 12.7 Å². The Morgan fingerprint density at radius 1 is 1.19 bits per heavy atom. The predicted octanol–water partition coefficient (Wildman–Crippen LogP) is 1.71. The number of nitrogens with one attached hydrogen (secondary N) is 1. The van der Waals surface area contributed by atoms with E-state index in [-0.39, 0.29) is 18.7 Å². The second kappa shape index (κ2) is 8.98. The van der Waals surface area contributed by atoms with Gasteiger partial charge in [0.2, 0.25) is 10.0 Å². The largest absolute Gasteiger partial charge is 0.308 e. The van der Waals surface area contributed by atoms with E-state index in [0.29, 0.717) is 10.7 Å². The van der Waals surface area contributed by atoms with E-state index in [1.807, 2.05) is 0 Å². The smallest absolute Gasteiger partial charge is 0.236 e. The number of hydrogen-bond acceptors (Lipinski definition) is 5. The van der Waals surface area contributed by atoms with Crippen molar-refractivity contribution in [1.29, 1.82) is 0 Å². The van der Waals surface area contributed by atoms with Crippen LogP contribution >= 0.6 is 11.6 Å². The Hall–Kier alpha value is -1.72. The van der Waals surface area contributed by atoms with Crippen molar-refractivity contribution in [3.63, 3.8) is 0 Å². The number of imidazole rings is 1. The predicted molar refractivity (Wildman–Crippen MR) is 106 cm³/mol. The van der Waals surface area contributed by atoms with Gasteiger partial charge in [-0.05, 0) is 30.2 Å². The minimum Gasteiger partial charge on any atom is -0.236 e. The highest BCUT2D eigenvalue weighted by molar-refractivity contribution is 7.89. The SMILES string of the molecule is CN(C)S(=O)(=O)n1cnc(C=CCCS(=O)(=O)NCc2ccc(Cl)cc2)c1. The lowest BCUT2D eigenvalue weighted by atomic mass is 10.2. The fourth-order valence-electron chi connectivity index (χ4n) is 2.02. The van der Waals surface area contributed by atoms with E-state index in [4.69, 9.17) is 11.6 Å². The molecular weight excluding hydrogens is 412 g/mol. The number of rotatable bonds is 9. The number of halogens is 1. The number of hydrogen-bond donors (Lipinski definition) is 1. The minimum absolute atomic E-state index is 0.0895. The molecule has 0 saturated carbocycles. The van der Waals surface area contributed by atoms with E-state index in [1.165, 1.54) is 26.6 Å². The van der Waals surface area contributed by atoms with Gasteiger partial charge in [-0.3, -0.25) is 0 Å². The number of sulfonamides is 1. The highest BCUT2D eigenvalue weighted by atomic mass is 35.5. The van der Waals surface area contributed by atoms with Crippen molar-refractivity contribution < 1.29 is 16.8 Å². The lowest BCUT2D eigenvalue weighted by Gasteiger charge is -2.10. The van der Waals surface area contributed by atoms with E-state index in [0.717, 1.165) is 13.8 Å². The molecule has 0 amide bonds. The normalized spacial score (nSPS) is 12.9. The van der Waals surface area contributed by atoms with Crippen LogP contribution in [0.3, 0.4) is 0 Å². The molecule has 0 spiro atoms. The van der Waals surface area contributed by atoms with Crippen molar-refractivity contribution in [3.8, 4) is 0 Å². The van der Waals surface area contributed by atoms with E-state index < -0.39 is 20.2 Å². The topological polar surface area (TPSA) is 101 Å². The number of benzene rings is 1. The fourth-order valence-corrected chi connectivity index (χ4v) is 3.90. The average molecular weight is 433 g/mol. The van der Waals surface area contributed by atoms with Crippen molar-refractivity contribution >= 4 is 37.9 Å². The molecule has 0 fully saturated rings. The Labute approximate surface area is 164 Å². The van der Waals surface area contributed by atoms with Crippen molar-refractivity contribution in [2.24, 2.45) is 0 Å². The summed E-state index contributed by atoms with van der Waals surface area (Å²) in [5, 5.41) is 0.590. The summed E-state index contributed by atoms with van der Waals surface area (Å²) >= 11 is 5.79. The van der Waals surface area contributed by atoms with Crippen LogP contribution in [0.2, 0.25) is 5.02 Å². The lowest BCUT2D eigenvalue weighted by molar-refractivity contribution is 0.510. The molecule has 8 nitrogen and oxygen atoms in total. The summed E-state index contributed by atoms with van der Waals surface area (Å²) in [4.78, 5) is 3.98. The quantitative estimate of drug-likeness (QED) is 0.650. The van der Waals surface area contributed by atoms with Crippen molar-refractivity contribution in [2.75, 3.05) is 19.8 Å². The molecule has 1 aromatic carbocycles. The van der Waals surface area contributed by atoms with Crippen LogP contribution in [0.15, 0.2) is 42.9 Å². The van der Waals surface area contributed by atoms with Crippen molar-refractivity contribution in [1.82, 2.24) is 18.0 Å². The molecule has 11 heteroatoms. The van der Waals surface area contributed by atoms with E-state index >= 15 is 0 Å². The van der Waals surface area contributed by atoms with Gasteiger partial charge >= 0.3 is 10.2 Å². The summed E-state index contributed by atoms with van der Waals surface area (Å²) in [7, 11) is -4.20. The minimum atomic E-state index is -3.61. The molecule has 2 aromatic rings. The summed E-state index contributed by atoms with van der Waals surface area (Å²) < 4.78 is 52.5. The molecule has 1 N–H and O–H groups in total. The number of aromatic nitrogens is 2. The van der Waals surface area contributed by atoms with Gasteiger partial charge in [0.25, 0.3) is 0 Å². The Morgan fingerprint density at radius 2 is 1.85 bits per heavy atom. The highest BCUT2D eigenvalue weighted by Gasteiger charge is 2.16. The van der Waals surface area contributed by atoms with Gasteiger partial charge in [-0.25, -0.2) is 22.1 Å². The molecule has 0 bridgehead atoms. The lowest BCUT2D eigenvalue weighted by Crippen LogP contribution is -2.27. The molecule has 27 heavy (non-hydrogen) atoms. The molecule has 0 aliphatic carbocycles. The Balaban J connectivity index is 1.86. The Kier molecular flexibility index (Phi) is 7.18. The van der Waals surface area contributed by atoms with Crippen LogP contribution in [-0.2, 0) is 26.8 Å². The molecular formula is C16H21ClN4O4S2. The first-order valence-corrected chi connectivity index (χ1v) is 11.4. The zero-order chi connectivity index (χ0) is 20.1. The maximum absolute atomic E-state index is 12.0. The van der Waals surface area contributed by atoms with Gasteiger partial charge in [0, 0.05) is 31.9 Å². The van der Waals surface area contributed by atoms with Crippen LogP contribution in [0, 0.1) is 0 Å². The maximum atomic E-state index is 12.0. The van der Waals surface area contributed by atoms with Gasteiger partial charge < -0.3 is 0 Å². The second-order valence-corrected chi connectivity index (χ2v) is 10.3. The molecule has 1 heterocycles. The third-order valence-electron chi connectivity index (χ3n) is 3.56. The first kappa shape index (κ1) is 21.6. The summed E-state index contributed by atoms with van der Waals surface area (Å²) in [5.41, 5.74) is 1.23. The van der Waals surface area contributed by atoms with E-state index in [2.05, 4.69) is 9.71 Å².